The Morgan fingerprint density at radius 2 is 1.87 bits per heavy atom. The van der Waals surface area contributed by atoms with Crippen LogP contribution in [0.1, 0.15) is 5.56 Å². The third-order valence-corrected chi connectivity index (χ3v) is 4.53. The number of rotatable bonds is 8. The van der Waals surface area contributed by atoms with Crippen LogP contribution in [0.5, 0.6) is 17.2 Å². The highest BCUT2D eigenvalue weighted by atomic mass is 16.6. The third-order valence-electron chi connectivity index (χ3n) is 4.53. The van der Waals surface area contributed by atoms with E-state index in [-0.39, 0.29) is 13.2 Å². The van der Waals surface area contributed by atoms with Gasteiger partial charge < -0.3 is 23.4 Å². The Balaban J connectivity index is 2.04. The lowest BCUT2D eigenvalue weighted by atomic mass is 9.98. The van der Waals surface area contributed by atoms with E-state index in [9.17, 15) is 9.59 Å². The SMILES string of the molecule is C=CCOC(=O)COc1ccc2oc(=O)c(-c3cc(OC)ccc3OC)c(C)c2c1. The molecular weight excluding hydrogens is 388 g/mol. The Labute approximate surface area is 173 Å². The summed E-state index contributed by atoms with van der Waals surface area (Å²) in [4.78, 5) is 24.4. The molecule has 7 heteroatoms. The summed E-state index contributed by atoms with van der Waals surface area (Å²) in [6.07, 6.45) is 1.48. The molecule has 0 radical (unpaired) electrons. The van der Waals surface area contributed by atoms with Gasteiger partial charge in [-0.2, -0.15) is 0 Å². The lowest BCUT2D eigenvalue weighted by molar-refractivity contribution is -0.144. The van der Waals surface area contributed by atoms with Crippen molar-refractivity contribution in [3.8, 4) is 28.4 Å². The number of benzene rings is 2. The van der Waals surface area contributed by atoms with Gasteiger partial charge in [-0.05, 0) is 48.9 Å². The van der Waals surface area contributed by atoms with Crippen LogP contribution in [-0.4, -0.2) is 33.4 Å². The summed E-state index contributed by atoms with van der Waals surface area (Å²) in [6, 6.07) is 10.2. The second-order valence-electron chi connectivity index (χ2n) is 6.37. The summed E-state index contributed by atoms with van der Waals surface area (Å²) < 4.78 is 26.6. The first-order valence-corrected chi connectivity index (χ1v) is 9.17. The Kier molecular flexibility index (Phi) is 6.41. The molecule has 0 N–H and O–H groups in total. The van der Waals surface area contributed by atoms with Crippen LogP contribution in [-0.2, 0) is 9.53 Å². The molecule has 0 saturated carbocycles. The Bertz CT molecular complexity index is 1140. The lowest BCUT2D eigenvalue weighted by Crippen LogP contribution is -2.14. The molecule has 0 aliphatic rings. The minimum absolute atomic E-state index is 0.121. The smallest absolute Gasteiger partial charge is 0.344 e. The number of esters is 1. The molecule has 3 rings (SSSR count). The van der Waals surface area contributed by atoms with Crippen LogP contribution in [0.4, 0.5) is 0 Å². The van der Waals surface area contributed by atoms with Gasteiger partial charge in [0.2, 0.25) is 0 Å². The van der Waals surface area contributed by atoms with Crippen molar-refractivity contribution >= 4 is 16.9 Å². The quantitative estimate of drug-likeness (QED) is 0.316. The van der Waals surface area contributed by atoms with Crippen LogP contribution in [0.3, 0.4) is 0 Å². The third kappa shape index (κ3) is 4.30. The minimum Gasteiger partial charge on any atom is -0.497 e. The molecule has 0 saturated heterocycles. The maximum atomic E-state index is 12.8. The van der Waals surface area contributed by atoms with E-state index in [4.69, 9.17) is 23.4 Å². The van der Waals surface area contributed by atoms with E-state index in [1.165, 1.54) is 13.2 Å². The number of carbonyl (C=O) groups is 1. The number of aryl methyl sites for hydroxylation is 1. The zero-order valence-electron chi connectivity index (χ0n) is 17.0. The van der Waals surface area contributed by atoms with Gasteiger partial charge in [0.1, 0.15) is 29.4 Å². The molecule has 156 valence electrons. The minimum atomic E-state index is -0.506. The fourth-order valence-corrected chi connectivity index (χ4v) is 3.08. The zero-order chi connectivity index (χ0) is 21.7. The number of carbonyl (C=O) groups excluding carboxylic acids is 1. The molecule has 30 heavy (non-hydrogen) atoms. The predicted octanol–water partition coefficient (Wildman–Crippen LogP) is 3.89. The molecular formula is C23H22O7. The van der Waals surface area contributed by atoms with Crippen LogP contribution < -0.4 is 19.8 Å². The van der Waals surface area contributed by atoms with Gasteiger partial charge in [0, 0.05) is 10.9 Å². The monoisotopic (exact) mass is 410 g/mol. The first-order chi connectivity index (χ1) is 14.5. The fraction of sp³-hybridized carbons (Fsp3) is 0.217. The molecule has 1 aromatic heterocycles. The normalized spacial score (nSPS) is 10.5. The van der Waals surface area contributed by atoms with Gasteiger partial charge in [0.05, 0.1) is 19.8 Å². The number of ether oxygens (including phenoxy) is 4. The highest BCUT2D eigenvalue weighted by Crippen LogP contribution is 2.36. The van der Waals surface area contributed by atoms with Crippen LogP contribution in [0.15, 0.2) is 58.3 Å². The number of hydrogen-bond acceptors (Lipinski definition) is 7. The molecule has 0 aliphatic carbocycles. The molecule has 0 spiro atoms. The first-order valence-electron chi connectivity index (χ1n) is 9.17. The maximum absolute atomic E-state index is 12.8. The van der Waals surface area contributed by atoms with E-state index in [1.807, 2.05) is 6.92 Å². The summed E-state index contributed by atoms with van der Waals surface area (Å²) in [5.41, 5.74) is 1.52. The van der Waals surface area contributed by atoms with Gasteiger partial charge in [-0.25, -0.2) is 9.59 Å². The van der Waals surface area contributed by atoms with Crippen molar-refractivity contribution in [2.45, 2.75) is 6.92 Å². The Morgan fingerprint density at radius 1 is 1.10 bits per heavy atom. The molecule has 0 fully saturated rings. The molecule has 0 aliphatic heterocycles. The molecule has 7 nitrogen and oxygen atoms in total. The average molecular weight is 410 g/mol. The van der Waals surface area contributed by atoms with Crippen molar-refractivity contribution < 1.29 is 28.2 Å². The van der Waals surface area contributed by atoms with Gasteiger partial charge in [-0.3, -0.25) is 0 Å². The Morgan fingerprint density at radius 3 is 2.57 bits per heavy atom. The molecule has 0 unspecified atom stereocenters. The summed E-state index contributed by atoms with van der Waals surface area (Å²) >= 11 is 0. The number of fused-ring (bicyclic) bond motifs is 1. The van der Waals surface area contributed by atoms with Crippen molar-refractivity contribution in [1.29, 1.82) is 0 Å². The van der Waals surface area contributed by atoms with Gasteiger partial charge in [0.25, 0.3) is 0 Å². The lowest BCUT2D eigenvalue weighted by Gasteiger charge is -2.13. The van der Waals surface area contributed by atoms with Crippen LogP contribution in [0.2, 0.25) is 0 Å². The van der Waals surface area contributed by atoms with Crippen molar-refractivity contribution in [3.05, 3.63) is 65.0 Å². The summed E-state index contributed by atoms with van der Waals surface area (Å²) in [5.74, 6) is 1.04. The van der Waals surface area contributed by atoms with Crippen LogP contribution in [0, 0.1) is 6.92 Å². The maximum Gasteiger partial charge on any atom is 0.344 e. The van der Waals surface area contributed by atoms with Crippen LogP contribution >= 0.6 is 0 Å². The van der Waals surface area contributed by atoms with Crippen molar-refractivity contribution in [3.63, 3.8) is 0 Å². The van der Waals surface area contributed by atoms with Gasteiger partial charge >= 0.3 is 11.6 Å². The van der Waals surface area contributed by atoms with Crippen molar-refractivity contribution in [2.24, 2.45) is 0 Å². The fourth-order valence-electron chi connectivity index (χ4n) is 3.08. The first kappa shape index (κ1) is 21.0. The van der Waals surface area contributed by atoms with Crippen LogP contribution in [0.25, 0.3) is 22.1 Å². The molecule has 3 aromatic rings. The molecule has 0 amide bonds. The van der Waals surface area contributed by atoms with E-state index in [0.717, 1.165) is 0 Å². The van der Waals surface area contributed by atoms with Gasteiger partial charge in [-0.1, -0.05) is 12.7 Å². The summed E-state index contributed by atoms with van der Waals surface area (Å²) in [7, 11) is 3.08. The topological polar surface area (TPSA) is 84.2 Å². The van der Waals surface area contributed by atoms with Gasteiger partial charge in [-0.15, -0.1) is 0 Å². The van der Waals surface area contributed by atoms with E-state index in [0.29, 0.717) is 44.9 Å². The largest absolute Gasteiger partial charge is 0.497 e. The molecule has 0 atom stereocenters. The highest BCUT2D eigenvalue weighted by Gasteiger charge is 2.18. The zero-order valence-corrected chi connectivity index (χ0v) is 17.0. The predicted molar refractivity (Wildman–Crippen MR) is 112 cm³/mol. The highest BCUT2D eigenvalue weighted by molar-refractivity contribution is 5.89. The number of methoxy groups -OCH3 is 2. The van der Waals surface area contributed by atoms with Gasteiger partial charge in [0.15, 0.2) is 6.61 Å². The molecule has 2 aromatic carbocycles. The average Bonchev–Trinajstić information content (AvgIpc) is 2.76. The van der Waals surface area contributed by atoms with E-state index in [2.05, 4.69) is 6.58 Å². The van der Waals surface area contributed by atoms with E-state index < -0.39 is 11.6 Å². The molecule has 1 heterocycles. The van der Waals surface area contributed by atoms with Crippen molar-refractivity contribution in [2.75, 3.05) is 27.4 Å². The van der Waals surface area contributed by atoms with E-state index >= 15 is 0 Å². The Hall–Kier alpha value is -3.74. The van der Waals surface area contributed by atoms with E-state index in [1.54, 1.807) is 43.5 Å². The standard InChI is InChI=1S/C23H22O7/c1-5-10-28-21(24)13-29-16-7-9-20-17(12-16)14(2)22(23(25)30-20)18-11-15(26-3)6-8-19(18)27-4/h5-9,11-12H,1,10,13H2,2-4H3. The van der Waals surface area contributed by atoms with Crippen molar-refractivity contribution in [1.82, 2.24) is 0 Å². The second kappa shape index (κ2) is 9.17. The summed E-state index contributed by atoms with van der Waals surface area (Å²) in [5, 5.41) is 0.673. The second-order valence-corrected chi connectivity index (χ2v) is 6.37. The molecule has 0 bridgehead atoms. The number of hydrogen-bond donors (Lipinski definition) is 0. The summed E-state index contributed by atoms with van der Waals surface area (Å²) in [6.45, 7) is 5.18.